The molecule has 0 amide bonds. The van der Waals surface area contributed by atoms with Crippen molar-refractivity contribution < 1.29 is 13.9 Å². The van der Waals surface area contributed by atoms with Crippen LogP contribution < -0.4 is 0 Å². The Morgan fingerprint density at radius 2 is 2.45 bits per heavy atom. The highest BCUT2D eigenvalue weighted by atomic mass is 28.2. The van der Waals surface area contributed by atoms with E-state index in [2.05, 4.69) is 6.92 Å². The molecule has 2 atom stereocenters. The number of ether oxygens (including phenoxy) is 2. The van der Waals surface area contributed by atoms with Crippen LogP contribution in [0.5, 0.6) is 0 Å². The van der Waals surface area contributed by atoms with Crippen molar-refractivity contribution in [2.45, 2.75) is 25.6 Å². The Balaban J connectivity index is 1.87. The Bertz CT molecular complexity index is 106. The first kappa shape index (κ1) is 9.19. The highest BCUT2D eigenvalue weighted by molar-refractivity contribution is 5.97. The SMILES string of the molecule is CC(CCO[SiH3])OCC1CO1. The average Bonchev–Trinajstić information content (AvgIpc) is 2.80. The van der Waals surface area contributed by atoms with Gasteiger partial charge in [-0.3, -0.25) is 0 Å². The quantitative estimate of drug-likeness (QED) is 0.403. The molecule has 0 aromatic carbocycles. The van der Waals surface area contributed by atoms with Gasteiger partial charge in [0.25, 0.3) is 0 Å². The molecule has 0 saturated carbocycles. The normalized spacial score (nSPS) is 25.4. The Hall–Kier alpha value is 0.0969. The van der Waals surface area contributed by atoms with E-state index in [0.717, 1.165) is 36.7 Å². The molecule has 4 heteroatoms. The Morgan fingerprint density at radius 1 is 1.73 bits per heavy atom. The number of epoxide rings is 1. The molecule has 0 aromatic heterocycles. The van der Waals surface area contributed by atoms with E-state index >= 15 is 0 Å². The summed E-state index contributed by atoms with van der Waals surface area (Å²) in [5.41, 5.74) is 0. The van der Waals surface area contributed by atoms with Crippen molar-refractivity contribution >= 4 is 10.5 Å². The van der Waals surface area contributed by atoms with Gasteiger partial charge in [0, 0.05) is 6.61 Å². The molecule has 1 heterocycles. The molecule has 66 valence electrons. The topological polar surface area (TPSA) is 31.0 Å². The second kappa shape index (κ2) is 4.87. The largest absolute Gasteiger partial charge is 0.428 e. The third kappa shape index (κ3) is 4.52. The van der Waals surface area contributed by atoms with Crippen LogP contribution in [0.1, 0.15) is 13.3 Å². The van der Waals surface area contributed by atoms with E-state index in [-0.39, 0.29) is 0 Å². The van der Waals surface area contributed by atoms with E-state index in [1.54, 1.807) is 0 Å². The summed E-state index contributed by atoms with van der Waals surface area (Å²) < 4.78 is 15.6. The van der Waals surface area contributed by atoms with Crippen LogP contribution in [-0.4, -0.2) is 42.5 Å². The van der Waals surface area contributed by atoms with Crippen LogP contribution in [0.3, 0.4) is 0 Å². The lowest BCUT2D eigenvalue weighted by atomic mass is 10.3. The average molecular weight is 176 g/mol. The second-order valence-electron chi connectivity index (χ2n) is 2.88. The molecule has 3 nitrogen and oxygen atoms in total. The van der Waals surface area contributed by atoms with Crippen LogP contribution in [0.15, 0.2) is 0 Å². The zero-order valence-corrected chi connectivity index (χ0v) is 9.21. The highest BCUT2D eigenvalue weighted by Gasteiger charge is 2.23. The van der Waals surface area contributed by atoms with Crippen molar-refractivity contribution in [3.63, 3.8) is 0 Å². The van der Waals surface area contributed by atoms with E-state index in [1.165, 1.54) is 0 Å². The van der Waals surface area contributed by atoms with Crippen molar-refractivity contribution in [1.29, 1.82) is 0 Å². The van der Waals surface area contributed by atoms with E-state index in [1.807, 2.05) is 0 Å². The first-order chi connectivity index (χ1) is 5.33. The van der Waals surface area contributed by atoms with Gasteiger partial charge in [-0.15, -0.1) is 0 Å². The summed E-state index contributed by atoms with van der Waals surface area (Å²) in [5, 5.41) is 0. The van der Waals surface area contributed by atoms with Crippen molar-refractivity contribution in [1.82, 2.24) is 0 Å². The van der Waals surface area contributed by atoms with E-state index in [0.29, 0.717) is 12.2 Å². The first-order valence-electron chi connectivity index (χ1n) is 4.05. The van der Waals surface area contributed by atoms with Gasteiger partial charge in [0.15, 0.2) is 0 Å². The monoisotopic (exact) mass is 176 g/mol. The Labute approximate surface area is 70.6 Å². The van der Waals surface area contributed by atoms with Crippen molar-refractivity contribution in [3.8, 4) is 0 Å². The molecule has 0 bridgehead atoms. The summed E-state index contributed by atoms with van der Waals surface area (Å²) in [4.78, 5) is 0. The van der Waals surface area contributed by atoms with Crippen LogP contribution in [-0.2, 0) is 13.9 Å². The van der Waals surface area contributed by atoms with Gasteiger partial charge in [-0.2, -0.15) is 0 Å². The Morgan fingerprint density at radius 3 is 3.00 bits per heavy atom. The standard InChI is InChI=1S/C7H16O3Si/c1-6(2-3-10-11)8-4-7-5-9-7/h6-7H,2-5H2,1,11H3. The molecule has 0 aliphatic carbocycles. The Kier molecular flexibility index (Phi) is 4.07. The van der Waals surface area contributed by atoms with Gasteiger partial charge in [-0.25, -0.2) is 0 Å². The molecule has 1 saturated heterocycles. The molecule has 1 fully saturated rings. The molecular formula is C7H16O3Si. The zero-order chi connectivity index (χ0) is 8.10. The summed E-state index contributed by atoms with van der Waals surface area (Å²) in [7, 11) is 0.827. The summed E-state index contributed by atoms with van der Waals surface area (Å²) in [5.74, 6) is 0. The summed E-state index contributed by atoms with van der Waals surface area (Å²) in [6.45, 7) is 4.54. The smallest absolute Gasteiger partial charge is 0.145 e. The van der Waals surface area contributed by atoms with Gasteiger partial charge in [-0.05, 0) is 13.3 Å². The maximum Gasteiger partial charge on any atom is 0.145 e. The zero-order valence-electron chi connectivity index (χ0n) is 7.21. The molecule has 1 aliphatic heterocycles. The number of hydrogen-bond acceptors (Lipinski definition) is 3. The molecule has 2 unspecified atom stereocenters. The van der Waals surface area contributed by atoms with E-state index < -0.39 is 0 Å². The molecule has 11 heavy (non-hydrogen) atoms. The minimum absolute atomic E-state index is 0.313. The maximum absolute atomic E-state index is 5.48. The van der Waals surface area contributed by atoms with E-state index in [9.17, 15) is 0 Å². The predicted octanol–water partition coefficient (Wildman–Crippen LogP) is -0.523. The lowest BCUT2D eigenvalue weighted by Crippen LogP contribution is -2.14. The summed E-state index contributed by atoms with van der Waals surface area (Å²) in [6.07, 6.45) is 1.69. The lowest BCUT2D eigenvalue weighted by Gasteiger charge is -2.10. The van der Waals surface area contributed by atoms with Crippen molar-refractivity contribution in [3.05, 3.63) is 0 Å². The second-order valence-corrected chi connectivity index (χ2v) is 3.46. The van der Waals surface area contributed by atoms with Crippen molar-refractivity contribution in [2.75, 3.05) is 19.8 Å². The summed E-state index contributed by atoms with van der Waals surface area (Å²) >= 11 is 0. The maximum atomic E-state index is 5.48. The first-order valence-corrected chi connectivity index (χ1v) is 4.86. The van der Waals surface area contributed by atoms with Gasteiger partial charge >= 0.3 is 0 Å². The number of rotatable bonds is 6. The van der Waals surface area contributed by atoms with Gasteiger partial charge in [0.05, 0.1) is 19.3 Å². The van der Waals surface area contributed by atoms with Gasteiger partial charge in [0.1, 0.15) is 16.6 Å². The fourth-order valence-corrected chi connectivity index (χ4v) is 1.04. The van der Waals surface area contributed by atoms with Crippen LogP contribution >= 0.6 is 0 Å². The van der Waals surface area contributed by atoms with Crippen LogP contribution in [0.2, 0.25) is 0 Å². The molecule has 0 spiro atoms. The lowest BCUT2D eigenvalue weighted by molar-refractivity contribution is 0.0414. The van der Waals surface area contributed by atoms with Gasteiger partial charge < -0.3 is 13.9 Å². The minimum atomic E-state index is 0.313. The van der Waals surface area contributed by atoms with Crippen LogP contribution in [0.4, 0.5) is 0 Å². The van der Waals surface area contributed by atoms with Gasteiger partial charge in [-0.1, -0.05) is 0 Å². The third-order valence-corrected chi connectivity index (χ3v) is 2.11. The van der Waals surface area contributed by atoms with Crippen LogP contribution in [0, 0.1) is 0 Å². The fourth-order valence-electron chi connectivity index (χ4n) is 0.803. The minimum Gasteiger partial charge on any atom is -0.428 e. The molecule has 0 N–H and O–H groups in total. The molecule has 1 rings (SSSR count). The predicted molar refractivity (Wildman–Crippen MR) is 45.7 cm³/mol. The molecular weight excluding hydrogens is 160 g/mol. The van der Waals surface area contributed by atoms with Crippen molar-refractivity contribution in [2.24, 2.45) is 0 Å². The summed E-state index contributed by atoms with van der Waals surface area (Å²) in [6, 6.07) is 0. The van der Waals surface area contributed by atoms with Gasteiger partial charge in [0.2, 0.25) is 0 Å². The fraction of sp³-hybridized carbons (Fsp3) is 1.00. The van der Waals surface area contributed by atoms with E-state index in [4.69, 9.17) is 13.9 Å². The molecule has 0 aromatic rings. The molecule has 0 radical (unpaired) electrons. The highest BCUT2D eigenvalue weighted by Crippen LogP contribution is 2.10. The number of hydrogen-bond donors (Lipinski definition) is 0. The third-order valence-electron chi connectivity index (χ3n) is 1.70. The molecule has 1 aliphatic rings. The van der Waals surface area contributed by atoms with Crippen LogP contribution in [0.25, 0.3) is 0 Å².